The highest BCUT2D eigenvalue weighted by Crippen LogP contribution is 2.38. The van der Waals surface area contributed by atoms with Gasteiger partial charge in [0.15, 0.2) is 5.96 Å². The molecule has 3 heterocycles. The molecule has 160 valence electrons. The van der Waals surface area contributed by atoms with E-state index < -0.39 is 5.60 Å². The van der Waals surface area contributed by atoms with Gasteiger partial charge in [-0.2, -0.15) is 0 Å². The van der Waals surface area contributed by atoms with E-state index in [-0.39, 0.29) is 6.09 Å². The molecule has 7 heteroatoms. The summed E-state index contributed by atoms with van der Waals surface area (Å²) in [6.07, 6.45) is 4.15. The van der Waals surface area contributed by atoms with Gasteiger partial charge in [-0.25, -0.2) is 4.79 Å². The molecule has 3 aliphatic heterocycles. The lowest BCUT2D eigenvalue weighted by atomic mass is 9.87. The first kappa shape index (κ1) is 21.2. The number of nitrogens with one attached hydrogen (secondary N) is 1. The molecule has 0 radical (unpaired) electrons. The van der Waals surface area contributed by atoms with Crippen LogP contribution in [0.5, 0.6) is 0 Å². The van der Waals surface area contributed by atoms with Gasteiger partial charge in [-0.05, 0) is 59.3 Å². The van der Waals surface area contributed by atoms with Gasteiger partial charge in [-0.3, -0.25) is 4.99 Å². The largest absolute Gasteiger partial charge is 0.444 e. The second-order valence-corrected chi connectivity index (χ2v) is 9.58. The number of carbonyl (C=O) groups is 1. The molecule has 1 unspecified atom stereocenters. The van der Waals surface area contributed by atoms with Crippen LogP contribution in [0.4, 0.5) is 4.79 Å². The Morgan fingerprint density at radius 2 is 1.96 bits per heavy atom. The van der Waals surface area contributed by atoms with Crippen LogP contribution in [-0.2, 0) is 9.47 Å². The molecule has 1 atom stereocenters. The van der Waals surface area contributed by atoms with E-state index in [4.69, 9.17) is 14.5 Å². The minimum Gasteiger partial charge on any atom is -0.444 e. The van der Waals surface area contributed by atoms with Crippen molar-refractivity contribution in [3.8, 4) is 0 Å². The molecule has 0 bridgehead atoms. The Morgan fingerprint density at radius 3 is 2.57 bits per heavy atom. The molecule has 28 heavy (non-hydrogen) atoms. The number of aliphatic imine (C=N–C) groups is 1. The summed E-state index contributed by atoms with van der Waals surface area (Å²) in [6, 6.07) is 0. The molecule has 0 saturated carbocycles. The number of carbonyl (C=O) groups excluding carboxylic acids is 1. The Balaban J connectivity index is 1.49. The maximum atomic E-state index is 12.2. The van der Waals surface area contributed by atoms with Crippen LogP contribution >= 0.6 is 0 Å². The van der Waals surface area contributed by atoms with E-state index in [1.807, 2.05) is 25.7 Å². The maximum absolute atomic E-state index is 12.2. The Kier molecular flexibility index (Phi) is 6.73. The monoisotopic (exact) mass is 394 g/mol. The number of likely N-dealkylation sites (tertiary alicyclic amines) is 2. The number of rotatable bonds is 3. The molecule has 0 aromatic heterocycles. The normalized spacial score (nSPS) is 26.9. The van der Waals surface area contributed by atoms with Gasteiger partial charge in [0, 0.05) is 51.3 Å². The van der Waals surface area contributed by atoms with Crippen LogP contribution in [-0.4, -0.2) is 79.9 Å². The summed E-state index contributed by atoms with van der Waals surface area (Å²) in [7, 11) is 0. The van der Waals surface area contributed by atoms with Crippen molar-refractivity contribution < 1.29 is 14.3 Å². The Bertz CT molecular complexity index is 558. The summed E-state index contributed by atoms with van der Waals surface area (Å²) in [5.41, 5.74) is -0.0919. The highest BCUT2D eigenvalue weighted by Gasteiger charge is 2.42. The third-order valence-electron chi connectivity index (χ3n) is 6.02. The second-order valence-electron chi connectivity index (χ2n) is 9.58. The fraction of sp³-hybridized carbons (Fsp3) is 0.905. The van der Waals surface area contributed by atoms with Gasteiger partial charge >= 0.3 is 6.09 Å². The predicted molar refractivity (Wildman–Crippen MR) is 111 cm³/mol. The number of piperidine rings is 1. The van der Waals surface area contributed by atoms with E-state index in [2.05, 4.69) is 17.1 Å². The standard InChI is InChI=1S/C21H38N4O3/c1-5-22-18(25-12-8-21(15-25)9-13-27-16-21)23-14-17-6-10-24(11-7-17)19(26)28-20(2,3)4/h17H,5-16H2,1-4H3,(H,22,23). The minimum absolute atomic E-state index is 0.191. The molecule has 1 N–H and O–H groups in total. The lowest BCUT2D eigenvalue weighted by Crippen LogP contribution is -2.43. The average Bonchev–Trinajstić information content (AvgIpc) is 3.28. The predicted octanol–water partition coefficient (Wildman–Crippen LogP) is 2.71. The average molecular weight is 395 g/mol. The first-order valence-corrected chi connectivity index (χ1v) is 10.9. The highest BCUT2D eigenvalue weighted by molar-refractivity contribution is 5.80. The molecule has 7 nitrogen and oxygen atoms in total. The van der Waals surface area contributed by atoms with Crippen molar-refractivity contribution in [2.45, 2.75) is 59.0 Å². The fourth-order valence-corrected chi connectivity index (χ4v) is 4.35. The van der Waals surface area contributed by atoms with E-state index in [0.29, 0.717) is 11.3 Å². The number of ether oxygens (including phenoxy) is 2. The minimum atomic E-state index is -0.434. The molecular weight excluding hydrogens is 356 g/mol. The highest BCUT2D eigenvalue weighted by atomic mass is 16.6. The molecule has 3 aliphatic rings. The molecule has 0 aromatic rings. The summed E-state index contributed by atoms with van der Waals surface area (Å²) in [4.78, 5) is 21.4. The first-order chi connectivity index (χ1) is 13.3. The van der Waals surface area contributed by atoms with E-state index in [1.54, 1.807) is 0 Å². The fourth-order valence-electron chi connectivity index (χ4n) is 4.35. The number of hydrogen-bond donors (Lipinski definition) is 1. The van der Waals surface area contributed by atoms with Crippen molar-refractivity contribution in [1.29, 1.82) is 0 Å². The number of nitrogens with zero attached hydrogens (tertiary/aromatic N) is 3. The summed E-state index contributed by atoms with van der Waals surface area (Å²) in [5, 5.41) is 3.47. The number of guanidine groups is 1. The zero-order chi connectivity index (χ0) is 20.2. The van der Waals surface area contributed by atoms with Crippen molar-refractivity contribution >= 4 is 12.1 Å². The van der Waals surface area contributed by atoms with Crippen LogP contribution in [0.2, 0.25) is 0 Å². The van der Waals surface area contributed by atoms with Gasteiger partial charge in [0.05, 0.1) is 6.61 Å². The van der Waals surface area contributed by atoms with Gasteiger partial charge in [0.25, 0.3) is 0 Å². The van der Waals surface area contributed by atoms with E-state index in [0.717, 1.165) is 71.3 Å². The zero-order valence-corrected chi connectivity index (χ0v) is 18.1. The van der Waals surface area contributed by atoms with Gasteiger partial charge in [-0.15, -0.1) is 0 Å². The Hall–Kier alpha value is -1.50. The van der Waals surface area contributed by atoms with E-state index in [1.165, 1.54) is 12.8 Å². The molecule has 1 amide bonds. The molecule has 3 fully saturated rings. The lowest BCUT2D eigenvalue weighted by molar-refractivity contribution is 0.0187. The van der Waals surface area contributed by atoms with Crippen LogP contribution in [0, 0.1) is 11.3 Å². The van der Waals surface area contributed by atoms with Crippen LogP contribution in [0.25, 0.3) is 0 Å². The zero-order valence-electron chi connectivity index (χ0n) is 18.1. The molecule has 0 aromatic carbocycles. The molecule has 3 rings (SSSR count). The molecule has 3 saturated heterocycles. The third-order valence-corrected chi connectivity index (χ3v) is 6.02. The lowest BCUT2D eigenvalue weighted by Gasteiger charge is -2.33. The smallest absolute Gasteiger partial charge is 0.410 e. The van der Waals surface area contributed by atoms with Crippen LogP contribution in [0.1, 0.15) is 53.4 Å². The van der Waals surface area contributed by atoms with Crippen molar-refractivity contribution in [3.05, 3.63) is 0 Å². The van der Waals surface area contributed by atoms with Crippen LogP contribution in [0.15, 0.2) is 4.99 Å². The third kappa shape index (κ3) is 5.52. The Morgan fingerprint density at radius 1 is 1.21 bits per heavy atom. The SMILES string of the molecule is CCNC(=NCC1CCN(C(=O)OC(C)(C)C)CC1)N1CCC2(CCOC2)C1. The molecule has 0 aliphatic carbocycles. The van der Waals surface area contributed by atoms with Crippen LogP contribution in [0.3, 0.4) is 0 Å². The van der Waals surface area contributed by atoms with Crippen molar-refractivity contribution in [2.24, 2.45) is 16.3 Å². The summed E-state index contributed by atoms with van der Waals surface area (Å²) in [6.45, 7) is 15.0. The Labute approximate surface area is 169 Å². The van der Waals surface area contributed by atoms with Crippen molar-refractivity contribution in [3.63, 3.8) is 0 Å². The molecule has 1 spiro atoms. The molecular formula is C21H38N4O3. The van der Waals surface area contributed by atoms with E-state index >= 15 is 0 Å². The van der Waals surface area contributed by atoms with Gasteiger partial charge in [0.1, 0.15) is 5.60 Å². The maximum Gasteiger partial charge on any atom is 0.410 e. The first-order valence-electron chi connectivity index (χ1n) is 10.9. The van der Waals surface area contributed by atoms with Crippen molar-refractivity contribution in [1.82, 2.24) is 15.1 Å². The summed E-state index contributed by atoms with van der Waals surface area (Å²) in [5.74, 6) is 1.57. The van der Waals surface area contributed by atoms with Crippen molar-refractivity contribution in [2.75, 3.05) is 52.5 Å². The van der Waals surface area contributed by atoms with Gasteiger partial charge in [0.2, 0.25) is 0 Å². The van der Waals surface area contributed by atoms with Gasteiger partial charge in [-0.1, -0.05) is 0 Å². The van der Waals surface area contributed by atoms with Gasteiger partial charge < -0.3 is 24.6 Å². The summed E-state index contributed by atoms with van der Waals surface area (Å²) < 4.78 is 11.1. The topological polar surface area (TPSA) is 66.4 Å². The van der Waals surface area contributed by atoms with E-state index in [9.17, 15) is 4.79 Å². The number of amides is 1. The quantitative estimate of drug-likeness (QED) is 0.589. The summed E-state index contributed by atoms with van der Waals surface area (Å²) >= 11 is 0. The number of hydrogen-bond acceptors (Lipinski definition) is 4. The van der Waals surface area contributed by atoms with Crippen LogP contribution < -0.4 is 5.32 Å². The second kappa shape index (κ2) is 8.89.